The van der Waals surface area contributed by atoms with Crippen LogP contribution < -0.4 is 10.6 Å². The van der Waals surface area contributed by atoms with E-state index in [2.05, 4.69) is 20.5 Å². The molecule has 0 aliphatic carbocycles. The van der Waals surface area contributed by atoms with E-state index in [0.29, 0.717) is 11.3 Å². The van der Waals surface area contributed by atoms with Gasteiger partial charge in [0.05, 0.1) is 38.7 Å². The molecular formula is C32H32Cl2N6O6S. The van der Waals surface area contributed by atoms with Crippen molar-refractivity contribution in [1.82, 2.24) is 19.5 Å². The Morgan fingerprint density at radius 2 is 1.81 bits per heavy atom. The number of esters is 1. The van der Waals surface area contributed by atoms with E-state index >= 15 is 0 Å². The van der Waals surface area contributed by atoms with Crippen molar-refractivity contribution in [2.45, 2.75) is 49.2 Å². The first-order chi connectivity index (χ1) is 22.5. The zero-order valence-corrected chi connectivity index (χ0v) is 27.7. The Balaban J connectivity index is 1.33. The molecule has 2 N–H and O–H groups in total. The lowest BCUT2D eigenvalue weighted by Gasteiger charge is -2.36. The SMILES string of the molecule is CCOC(=O)[C@H](Cc1ccc(NC(=O)c2c(Cl)cncc2Cl)cc1)NC(=O)[C@@H]1C[C@@H](N2CCC2)CN1S(=O)(=O)c1cccc(C#N)c1. The molecule has 1 aromatic heterocycles. The van der Waals surface area contributed by atoms with E-state index in [1.807, 2.05) is 6.07 Å². The summed E-state index contributed by atoms with van der Waals surface area (Å²) in [6.07, 6.45) is 3.90. The zero-order chi connectivity index (χ0) is 33.7. The van der Waals surface area contributed by atoms with Gasteiger partial charge in [-0.25, -0.2) is 13.2 Å². The van der Waals surface area contributed by atoms with E-state index in [1.165, 1.54) is 41.0 Å². The van der Waals surface area contributed by atoms with Crippen LogP contribution in [0, 0.1) is 11.3 Å². The summed E-state index contributed by atoms with van der Waals surface area (Å²) in [7, 11) is -4.16. The summed E-state index contributed by atoms with van der Waals surface area (Å²) in [5, 5.41) is 15.0. The van der Waals surface area contributed by atoms with Crippen molar-refractivity contribution < 1.29 is 27.5 Å². The number of aromatic nitrogens is 1. The van der Waals surface area contributed by atoms with Gasteiger partial charge in [-0.1, -0.05) is 41.4 Å². The highest BCUT2D eigenvalue weighted by molar-refractivity contribution is 7.89. The Morgan fingerprint density at radius 3 is 2.43 bits per heavy atom. The van der Waals surface area contributed by atoms with Crippen LogP contribution in [0.3, 0.4) is 0 Å². The highest BCUT2D eigenvalue weighted by Gasteiger charge is 2.47. The lowest BCUT2D eigenvalue weighted by molar-refractivity contribution is -0.147. The first kappa shape index (κ1) is 34.3. The van der Waals surface area contributed by atoms with Gasteiger partial charge in [-0.3, -0.25) is 19.5 Å². The van der Waals surface area contributed by atoms with Crippen molar-refractivity contribution in [2.75, 3.05) is 31.6 Å². The maximum Gasteiger partial charge on any atom is 0.328 e. The van der Waals surface area contributed by atoms with Crippen LogP contribution in [0.4, 0.5) is 5.69 Å². The van der Waals surface area contributed by atoms with Crippen molar-refractivity contribution in [3.05, 3.63) is 87.7 Å². The first-order valence-electron chi connectivity index (χ1n) is 14.9. The average molecular weight is 700 g/mol. The second kappa shape index (κ2) is 14.8. The molecule has 0 unspecified atom stereocenters. The average Bonchev–Trinajstić information content (AvgIpc) is 3.46. The first-order valence-corrected chi connectivity index (χ1v) is 17.1. The molecule has 15 heteroatoms. The van der Waals surface area contributed by atoms with Crippen molar-refractivity contribution in [1.29, 1.82) is 5.26 Å². The van der Waals surface area contributed by atoms with Gasteiger partial charge in [-0.2, -0.15) is 9.57 Å². The standard InChI is InChI=1S/C32H32Cl2N6O6S/c1-2-46-32(43)27(14-20-7-9-22(10-8-20)37-31(42)29-25(33)17-36-18-26(29)34)38-30(41)28-15-23(39-11-4-12-39)19-40(28)47(44,45)24-6-3-5-21(13-24)16-35/h3,5-10,13,17-18,23,27-28H,2,4,11-12,14-15,19H2,1H3,(H,37,42)(H,38,41)/t23-,27+,28+/m1/s1. The van der Waals surface area contributed by atoms with Crippen LogP contribution in [0.15, 0.2) is 65.8 Å². The van der Waals surface area contributed by atoms with Crippen LogP contribution in [-0.4, -0.2) is 84.8 Å². The minimum atomic E-state index is -4.16. The quantitative estimate of drug-likeness (QED) is 0.285. The predicted molar refractivity (Wildman–Crippen MR) is 174 cm³/mol. The van der Waals surface area contributed by atoms with Gasteiger partial charge < -0.3 is 15.4 Å². The van der Waals surface area contributed by atoms with Crippen molar-refractivity contribution in [3.63, 3.8) is 0 Å². The molecule has 3 heterocycles. The molecule has 2 fully saturated rings. The fourth-order valence-corrected chi connectivity index (χ4v) is 7.82. The van der Waals surface area contributed by atoms with Gasteiger partial charge >= 0.3 is 5.97 Å². The number of rotatable bonds is 11. The third-order valence-electron chi connectivity index (χ3n) is 8.13. The number of carbonyl (C=O) groups excluding carboxylic acids is 3. The predicted octanol–water partition coefficient (Wildman–Crippen LogP) is 3.64. The lowest BCUT2D eigenvalue weighted by Crippen LogP contribution is -2.51. The maximum absolute atomic E-state index is 13.8. The largest absolute Gasteiger partial charge is 0.464 e. The van der Waals surface area contributed by atoms with Gasteiger partial charge in [0.1, 0.15) is 12.1 Å². The van der Waals surface area contributed by atoms with Gasteiger partial charge in [0, 0.05) is 37.1 Å². The molecule has 2 amide bonds. The maximum atomic E-state index is 13.8. The molecule has 2 aromatic carbocycles. The fourth-order valence-electron chi connectivity index (χ4n) is 5.61. The minimum Gasteiger partial charge on any atom is -0.464 e. The summed E-state index contributed by atoms with van der Waals surface area (Å²) in [6.45, 7) is 3.44. The van der Waals surface area contributed by atoms with Gasteiger partial charge in [-0.15, -0.1) is 0 Å². The van der Waals surface area contributed by atoms with Crippen LogP contribution in [0.2, 0.25) is 10.0 Å². The second-order valence-corrected chi connectivity index (χ2v) is 13.9. The van der Waals surface area contributed by atoms with Crippen molar-refractivity contribution in [3.8, 4) is 6.07 Å². The number of nitriles is 1. The summed E-state index contributed by atoms with van der Waals surface area (Å²) in [5.41, 5.74) is 1.34. The van der Waals surface area contributed by atoms with E-state index in [-0.39, 0.29) is 58.1 Å². The van der Waals surface area contributed by atoms with E-state index < -0.39 is 39.9 Å². The highest BCUT2D eigenvalue weighted by Crippen LogP contribution is 2.31. The molecule has 246 valence electrons. The molecule has 0 radical (unpaired) electrons. The van der Waals surface area contributed by atoms with Crippen LogP contribution in [0.25, 0.3) is 0 Å². The third-order valence-corrected chi connectivity index (χ3v) is 10.6. The monoisotopic (exact) mass is 698 g/mol. The Hall–Kier alpha value is -4.06. The van der Waals surface area contributed by atoms with E-state index in [0.717, 1.165) is 19.5 Å². The normalized spacial score (nSPS) is 18.9. The smallest absolute Gasteiger partial charge is 0.328 e. The summed E-state index contributed by atoms with van der Waals surface area (Å²) in [6, 6.07) is 11.9. The number of hydrogen-bond donors (Lipinski definition) is 2. The van der Waals surface area contributed by atoms with Gasteiger partial charge in [0.2, 0.25) is 15.9 Å². The number of benzene rings is 2. The molecule has 2 aliphatic heterocycles. The number of anilines is 1. The van der Waals surface area contributed by atoms with Crippen LogP contribution in [0.5, 0.6) is 0 Å². The van der Waals surface area contributed by atoms with Gasteiger partial charge in [0.15, 0.2) is 0 Å². The number of nitrogens with one attached hydrogen (secondary N) is 2. The van der Waals surface area contributed by atoms with Crippen LogP contribution in [0.1, 0.15) is 41.3 Å². The molecule has 5 rings (SSSR count). The number of pyridine rings is 1. The van der Waals surface area contributed by atoms with E-state index in [4.69, 9.17) is 27.9 Å². The molecule has 0 spiro atoms. The Morgan fingerprint density at radius 1 is 1.11 bits per heavy atom. The number of likely N-dealkylation sites (tertiary alicyclic amines) is 1. The zero-order valence-electron chi connectivity index (χ0n) is 25.4. The molecule has 47 heavy (non-hydrogen) atoms. The molecule has 3 atom stereocenters. The molecule has 0 saturated carbocycles. The summed E-state index contributed by atoms with van der Waals surface area (Å²) >= 11 is 12.2. The van der Waals surface area contributed by atoms with Crippen molar-refractivity contribution >= 4 is 56.7 Å². The number of ether oxygens (including phenoxy) is 1. The molecule has 2 aliphatic rings. The number of hydrogen-bond acceptors (Lipinski definition) is 9. The third kappa shape index (κ3) is 7.75. The molecule has 2 saturated heterocycles. The number of sulfonamides is 1. The molecular weight excluding hydrogens is 667 g/mol. The highest BCUT2D eigenvalue weighted by atomic mass is 35.5. The van der Waals surface area contributed by atoms with Gasteiger partial charge in [-0.05, 0) is 68.8 Å². The Kier molecular flexibility index (Phi) is 10.8. The molecule has 12 nitrogen and oxygen atoms in total. The Bertz CT molecular complexity index is 1790. The number of carbonyl (C=O) groups is 3. The van der Waals surface area contributed by atoms with E-state index in [9.17, 15) is 28.1 Å². The Labute approximate surface area is 282 Å². The number of nitrogens with zero attached hydrogens (tertiary/aromatic N) is 4. The summed E-state index contributed by atoms with van der Waals surface area (Å²) < 4.78 is 34.1. The summed E-state index contributed by atoms with van der Waals surface area (Å²) in [5.74, 6) is -1.83. The van der Waals surface area contributed by atoms with Crippen LogP contribution >= 0.6 is 23.2 Å². The lowest BCUT2D eigenvalue weighted by atomic mass is 10.0. The van der Waals surface area contributed by atoms with E-state index in [1.54, 1.807) is 31.2 Å². The van der Waals surface area contributed by atoms with Crippen LogP contribution in [-0.2, 0) is 30.8 Å². The molecule has 3 aromatic rings. The van der Waals surface area contributed by atoms with Crippen molar-refractivity contribution in [2.24, 2.45) is 0 Å². The second-order valence-electron chi connectivity index (χ2n) is 11.2. The molecule has 0 bridgehead atoms. The summed E-state index contributed by atoms with van der Waals surface area (Å²) in [4.78, 5) is 45.5. The fraction of sp³-hybridized carbons (Fsp3) is 0.344. The minimum absolute atomic E-state index is 0.0417. The number of amides is 2. The topological polar surface area (TPSA) is 162 Å². The number of halogens is 2. The van der Waals surface area contributed by atoms with Gasteiger partial charge in [0.25, 0.3) is 5.91 Å².